The van der Waals surface area contributed by atoms with Crippen molar-refractivity contribution in [2.45, 2.75) is 26.3 Å². The molecule has 0 spiro atoms. The smallest absolute Gasteiger partial charge is 0.0422 e. The third kappa shape index (κ3) is 3.14. The van der Waals surface area contributed by atoms with Crippen molar-refractivity contribution in [2.24, 2.45) is 5.73 Å². The Hall–Kier alpha value is -1.67. The van der Waals surface area contributed by atoms with Gasteiger partial charge in [-0.05, 0) is 31.0 Å². The molecule has 88 valence electrons. The summed E-state index contributed by atoms with van der Waals surface area (Å²) in [5.41, 5.74) is 10.8. The number of rotatable bonds is 3. The molecule has 0 radical (unpaired) electrons. The lowest BCUT2D eigenvalue weighted by molar-refractivity contribution is 0.705. The Morgan fingerprint density at radius 1 is 1.12 bits per heavy atom. The van der Waals surface area contributed by atoms with Crippen molar-refractivity contribution in [3.8, 4) is 0 Å². The molecule has 17 heavy (non-hydrogen) atoms. The first-order valence-electron chi connectivity index (χ1n) is 5.89. The van der Waals surface area contributed by atoms with Gasteiger partial charge in [0.2, 0.25) is 0 Å². The lowest BCUT2D eigenvalue weighted by Gasteiger charge is -2.12. The van der Waals surface area contributed by atoms with E-state index < -0.39 is 0 Å². The highest BCUT2D eigenvalue weighted by Crippen LogP contribution is 2.16. The molecule has 2 heteroatoms. The van der Waals surface area contributed by atoms with Gasteiger partial charge in [0.15, 0.2) is 0 Å². The molecule has 0 aliphatic carbocycles. The quantitative estimate of drug-likeness (QED) is 0.874. The zero-order chi connectivity index (χ0) is 12.3. The third-order valence-corrected chi connectivity index (χ3v) is 2.87. The predicted octanol–water partition coefficient (Wildman–Crippen LogP) is 2.94. The number of aromatic nitrogens is 1. The molecule has 0 saturated carbocycles. The van der Waals surface area contributed by atoms with Gasteiger partial charge in [0.05, 0.1) is 0 Å². The van der Waals surface area contributed by atoms with Crippen LogP contribution in [0.25, 0.3) is 0 Å². The molecule has 0 saturated heterocycles. The number of nitrogens with zero attached hydrogens (tertiary/aromatic N) is 1. The number of pyridine rings is 1. The molecule has 1 aromatic heterocycles. The second-order valence-corrected chi connectivity index (χ2v) is 4.55. The van der Waals surface area contributed by atoms with E-state index in [-0.39, 0.29) is 6.04 Å². The lowest BCUT2D eigenvalue weighted by Crippen LogP contribution is -2.14. The largest absolute Gasteiger partial charge is 0.324 e. The molecule has 2 aromatic rings. The number of nitrogens with two attached hydrogens (primary N) is 1. The molecule has 1 unspecified atom stereocenters. The van der Waals surface area contributed by atoms with E-state index in [2.05, 4.69) is 36.2 Å². The van der Waals surface area contributed by atoms with E-state index in [0.717, 1.165) is 12.1 Å². The minimum Gasteiger partial charge on any atom is -0.324 e. The van der Waals surface area contributed by atoms with Crippen LogP contribution in [-0.2, 0) is 6.42 Å². The Morgan fingerprint density at radius 3 is 2.59 bits per heavy atom. The Labute approximate surface area is 103 Å². The van der Waals surface area contributed by atoms with Crippen LogP contribution in [0.5, 0.6) is 0 Å². The Kier molecular flexibility index (Phi) is 3.55. The Morgan fingerprint density at radius 2 is 1.94 bits per heavy atom. The van der Waals surface area contributed by atoms with Crippen molar-refractivity contribution in [1.82, 2.24) is 4.98 Å². The average molecular weight is 226 g/mol. The summed E-state index contributed by atoms with van der Waals surface area (Å²) in [5, 5.41) is 0. The van der Waals surface area contributed by atoms with Crippen LogP contribution in [-0.4, -0.2) is 4.98 Å². The van der Waals surface area contributed by atoms with Gasteiger partial charge in [0.25, 0.3) is 0 Å². The van der Waals surface area contributed by atoms with E-state index in [0.29, 0.717) is 0 Å². The normalized spacial score (nSPS) is 12.4. The third-order valence-electron chi connectivity index (χ3n) is 2.87. The molecule has 1 atom stereocenters. The van der Waals surface area contributed by atoms with Crippen molar-refractivity contribution in [2.75, 3.05) is 0 Å². The molecule has 0 bridgehead atoms. The first-order valence-corrected chi connectivity index (χ1v) is 5.89. The van der Waals surface area contributed by atoms with Crippen LogP contribution in [0.2, 0.25) is 0 Å². The average Bonchev–Trinajstić information content (AvgIpc) is 2.32. The van der Waals surface area contributed by atoms with Gasteiger partial charge in [-0.3, -0.25) is 4.98 Å². The van der Waals surface area contributed by atoms with E-state index in [1.165, 1.54) is 16.7 Å². The maximum Gasteiger partial charge on any atom is 0.0422 e. The second kappa shape index (κ2) is 5.11. The topological polar surface area (TPSA) is 38.9 Å². The van der Waals surface area contributed by atoms with Gasteiger partial charge in [-0.25, -0.2) is 0 Å². The van der Waals surface area contributed by atoms with Crippen molar-refractivity contribution in [1.29, 1.82) is 0 Å². The summed E-state index contributed by atoms with van der Waals surface area (Å²) in [6, 6.07) is 12.5. The standard InChI is InChI=1S/C15H18N2/c1-11-4-3-5-13(8-11)15(16)9-14-7-6-12(2)10-17-14/h3-8,10,15H,9,16H2,1-2H3. The number of hydrogen-bond donors (Lipinski definition) is 1. The van der Waals surface area contributed by atoms with Gasteiger partial charge in [-0.1, -0.05) is 35.9 Å². The molecule has 0 aliphatic rings. The molecule has 1 aromatic carbocycles. The first-order chi connectivity index (χ1) is 8.15. The molecule has 2 N–H and O–H groups in total. The van der Waals surface area contributed by atoms with Gasteiger partial charge >= 0.3 is 0 Å². The Bertz CT molecular complexity index is 489. The van der Waals surface area contributed by atoms with Crippen molar-refractivity contribution < 1.29 is 0 Å². The lowest BCUT2D eigenvalue weighted by atomic mass is 10.0. The maximum absolute atomic E-state index is 6.19. The molecule has 2 nitrogen and oxygen atoms in total. The first kappa shape index (κ1) is 11.8. The molecule has 2 rings (SSSR count). The molecule has 0 amide bonds. The van der Waals surface area contributed by atoms with E-state index in [9.17, 15) is 0 Å². The van der Waals surface area contributed by atoms with Crippen LogP contribution in [0.3, 0.4) is 0 Å². The number of benzene rings is 1. The molecular weight excluding hydrogens is 208 g/mol. The summed E-state index contributed by atoms with van der Waals surface area (Å²) in [6.45, 7) is 4.12. The highest BCUT2D eigenvalue weighted by Gasteiger charge is 2.07. The molecule has 0 aliphatic heterocycles. The van der Waals surface area contributed by atoms with Gasteiger partial charge in [0.1, 0.15) is 0 Å². The Balaban J connectivity index is 2.11. The summed E-state index contributed by atoms with van der Waals surface area (Å²) >= 11 is 0. The minimum atomic E-state index is 0.0186. The summed E-state index contributed by atoms with van der Waals surface area (Å²) < 4.78 is 0. The molecule has 0 fully saturated rings. The number of aryl methyl sites for hydroxylation is 2. The van der Waals surface area contributed by atoms with Crippen LogP contribution in [0, 0.1) is 13.8 Å². The highest BCUT2D eigenvalue weighted by atomic mass is 14.7. The van der Waals surface area contributed by atoms with Crippen LogP contribution >= 0.6 is 0 Å². The fraction of sp³-hybridized carbons (Fsp3) is 0.267. The SMILES string of the molecule is Cc1ccc(CC(N)c2cccc(C)c2)nc1. The fourth-order valence-corrected chi connectivity index (χ4v) is 1.86. The highest BCUT2D eigenvalue weighted by molar-refractivity contribution is 5.26. The van der Waals surface area contributed by atoms with Crippen LogP contribution < -0.4 is 5.73 Å². The summed E-state index contributed by atoms with van der Waals surface area (Å²) in [6.07, 6.45) is 2.67. The summed E-state index contributed by atoms with van der Waals surface area (Å²) in [4.78, 5) is 4.39. The van der Waals surface area contributed by atoms with Gasteiger partial charge in [-0.15, -0.1) is 0 Å². The van der Waals surface area contributed by atoms with Gasteiger partial charge < -0.3 is 5.73 Å². The minimum absolute atomic E-state index is 0.0186. The van der Waals surface area contributed by atoms with Gasteiger partial charge in [-0.2, -0.15) is 0 Å². The zero-order valence-corrected chi connectivity index (χ0v) is 10.4. The van der Waals surface area contributed by atoms with Crippen molar-refractivity contribution >= 4 is 0 Å². The molecular formula is C15H18N2. The zero-order valence-electron chi connectivity index (χ0n) is 10.4. The van der Waals surface area contributed by atoms with Gasteiger partial charge in [0, 0.05) is 24.4 Å². The second-order valence-electron chi connectivity index (χ2n) is 4.55. The van der Waals surface area contributed by atoms with Crippen LogP contribution in [0.4, 0.5) is 0 Å². The summed E-state index contributed by atoms with van der Waals surface area (Å²) in [7, 11) is 0. The van der Waals surface area contributed by atoms with Crippen molar-refractivity contribution in [3.63, 3.8) is 0 Å². The van der Waals surface area contributed by atoms with E-state index in [1.54, 1.807) is 0 Å². The van der Waals surface area contributed by atoms with E-state index in [4.69, 9.17) is 5.73 Å². The molecule has 1 heterocycles. The number of hydrogen-bond acceptors (Lipinski definition) is 2. The predicted molar refractivity (Wildman–Crippen MR) is 70.8 cm³/mol. The fourth-order valence-electron chi connectivity index (χ4n) is 1.86. The monoisotopic (exact) mass is 226 g/mol. The van der Waals surface area contributed by atoms with Crippen LogP contribution in [0.15, 0.2) is 42.6 Å². The maximum atomic E-state index is 6.19. The van der Waals surface area contributed by atoms with Crippen LogP contribution in [0.1, 0.15) is 28.4 Å². The summed E-state index contributed by atoms with van der Waals surface area (Å²) in [5.74, 6) is 0. The van der Waals surface area contributed by atoms with E-state index >= 15 is 0 Å². The van der Waals surface area contributed by atoms with Crippen molar-refractivity contribution in [3.05, 3.63) is 65.0 Å². The van der Waals surface area contributed by atoms with E-state index in [1.807, 2.05) is 25.3 Å².